The van der Waals surface area contributed by atoms with Gasteiger partial charge in [0.2, 0.25) is 16.0 Å². The van der Waals surface area contributed by atoms with Gasteiger partial charge in [0.25, 0.3) is 0 Å². The molecule has 0 fully saturated rings. The molecule has 1 unspecified atom stereocenters. The number of fused-ring (bicyclic) bond motifs is 1. The number of ether oxygens (including phenoxy) is 2. The molecule has 0 spiro atoms. The molecule has 0 saturated heterocycles. The van der Waals surface area contributed by atoms with Crippen molar-refractivity contribution in [3.05, 3.63) is 76.1 Å². The standard InChI is InChI=1S/C26H25N5O4S/c1-3-12-34-25-18(14-27)13-23-21(8-9-22(23)24(25)15-28)17-4-6-20(7-5-17)35-16-19-10-11-29-26(30-19)31-36(2,32)33/h4-7,10-11,13,21H,3,8-9,12,16H2,1-2H3,(H,29,30,31). The molecule has 1 aromatic heterocycles. The molecule has 184 valence electrons. The molecule has 4 rings (SSSR count). The second-order valence-electron chi connectivity index (χ2n) is 8.46. The van der Waals surface area contributed by atoms with E-state index in [0.717, 1.165) is 42.2 Å². The molecule has 1 aliphatic rings. The molecule has 0 amide bonds. The number of hydrogen-bond acceptors (Lipinski definition) is 8. The largest absolute Gasteiger partial charge is 0.491 e. The molecular weight excluding hydrogens is 478 g/mol. The van der Waals surface area contributed by atoms with E-state index in [1.54, 1.807) is 6.07 Å². The number of nitrogens with one attached hydrogen (secondary N) is 1. The van der Waals surface area contributed by atoms with Gasteiger partial charge in [-0.3, -0.25) is 4.72 Å². The fraction of sp³-hybridized carbons (Fsp3) is 0.308. The molecule has 36 heavy (non-hydrogen) atoms. The van der Waals surface area contributed by atoms with Crippen molar-refractivity contribution in [2.45, 2.75) is 38.7 Å². The highest BCUT2D eigenvalue weighted by atomic mass is 32.2. The number of benzene rings is 2. The molecule has 0 bridgehead atoms. The third-order valence-electron chi connectivity index (χ3n) is 5.82. The van der Waals surface area contributed by atoms with E-state index in [-0.39, 0.29) is 18.5 Å². The zero-order valence-electron chi connectivity index (χ0n) is 20.0. The van der Waals surface area contributed by atoms with Crippen LogP contribution in [0.4, 0.5) is 5.95 Å². The lowest BCUT2D eigenvalue weighted by atomic mass is 9.90. The number of rotatable bonds is 9. The minimum atomic E-state index is -3.47. The molecule has 9 nitrogen and oxygen atoms in total. The van der Waals surface area contributed by atoms with Crippen LogP contribution in [0.1, 0.15) is 59.2 Å². The molecule has 0 aliphatic heterocycles. The minimum absolute atomic E-state index is 0.00873. The van der Waals surface area contributed by atoms with Crippen molar-refractivity contribution in [2.24, 2.45) is 0 Å². The average molecular weight is 504 g/mol. The molecule has 0 radical (unpaired) electrons. The SMILES string of the molecule is CCCOc1c(C#N)cc2c(c1C#N)CCC2c1ccc(OCc2ccnc(NS(C)(=O)=O)n2)cc1. The Labute approximate surface area is 210 Å². The number of aromatic nitrogens is 2. The summed E-state index contributed by atoms with van der Waals surface area (Å²) in [6, 6.07) is 15.6. The highest BCUT2D eigenvalue weighted by Gasteiger charge is 2.30. The number of anilines is 1. The van der Waals surface area contributed by atoms with Gasteiger partial charge < -0.3 is 9.47 Å². The highest BCUT2D eigenvalue weighted by Crippen LogP contribution is 2.43. The first-order valence-electron chi connectivity index (χ1n) is 11.5. The summed E-state index contributed by atoms with van der Waals surface area (Å²) in [5.74, 6) is 1.09. The van der Waals surface area contributed by atoms with Gasteiger partial charge in [-0.2, -0.15) is 10.5 Å². The van der Waals surface area contributed by atoms with Crippen LogP contribution in [0.15, 0.2) is 42.6 Å². The van der Waals surface area contributed by atoms with Gasteiger partial charge in [-0.1, -0.05) is 19.1 Å². The van der Waals surface area contributed by atoms with Crippen molar-refractivity contribution in [1.82, 2.24) is 9.97 Å². The minimum Gasteiger partial charge on any atom is -0.491 e. The van der Waals surface area contributed by atoms with E-state index in [4.69, 9.17) is 9.47 Å². The van der Waals surface area contributed by atoms with Gasteiger partial charge in [-0.05, 0) is 60.2 Å². The third-order valence-corrected chi connectivity index (χ3v) is 6.38. The Bertz CT molecular complexity index is 1460. The van der Waals surface area contributed by atoms with E-state index >= 15 is 0 Å². The first kappa shape index (κ1) is 25.0. The lowest BCUT2D eigenvalue weighted by Crippen LogP contribution is -2.13. The van der Waals surface area contributed by atoms with Crippen LogP contribution in [0.3, 0.4) is 0 Å². The maximum atomic E-state index is 11.4. The lowest BCUT2D eigenvalue weighted by Gasteiger charge is -2.16. The van der Waals surface area contributed by atoms with E-state index in [0.29, 0.717) is 34.9 Å². The quantitative estimate of drug-likeness (QED) is 0.462. The van der Waals surface area contributed by atoms with Gasteiger partial charge in [-0.15, -0.1) is 0 Å². The van der Waals surface area contributed by atoms with E-state index in [1.807, 2.05) is 37.3 Å². The van der Waals surface area contributed by atoms with E-state index < -0.39 is 10.0 Å². The predicted octanol–water partition coefficient (Wildman–Crippen LogP) is 4.04. The highest BCUT2D eigenvalue weighted by molar-refractivity contribution is 7.91. The lowest BCUT2D eigenvalue weighted by molar-refractivity contribution is 0.301. The monoisotopic (exact) mass is 503 g/mol. The summed E-state index contributed by atoms with van der Waals surface area (Å²) in [5, 5.41) is 19.5. The van der Waals surface area contributed by atoms with Crippen molar-refractivity contribution in [3.63, 3.8) is 0 Å². The fourth-order valence-electron chi connectivity index (χ4n) is 4.30. The van der Waals surface area contributed by atoms with Crippen molar-refractivity contribution >= 4 is 16.0 Å². The second kappa shape index (κ2) is 10.6. The molecule has 1 atom stereocenters. The summed E-state index contributed by atoms with van der Waals surface area (Å²) in [5.41, 5.74) is 4.40. The van der Waals surface area contributed by atoms with Gasteiger partial charge in [0.15, 0.2) is 5.75 Å². The van der Waals surface area contributed by atoms with Crippen LogP contribution in [-0.2, 0) is 23.1 Å². The smallest absolute Gasteiger partial charge is 0.236 e. The predicted molar refractivity (Wildman–Crippen MR) is 133 cm³/mol. The van der Waals surface area contributed by atoms with Crippen LogP contribution in [-0.4, -0.2) is 31.2 Å². The van der Waals surface area contributed by atoms with Crippen LogP contribution >= 0.6 is 0 Å². The molecule has 3 aromatic rings. The summed E-state index contributed by atoms with van der Waals surface area (Å²) >= 11 is 0. The molecule has 10 heteroatoms. The van der Waals surface area contributed by atoms with Crippen molar-refractivity contribution < 1.29 is 17.9 Å². The van der Waals surface area contributed by atoms with Crippen molar-refractivity contribution in [2.75, 3.05) is 17.6 Å². The van der Waals surface area contributed by atoms with E-state index in [1.165, 1.54) is 6.20 Å². The van der Waals surface area contributed by atoms with Crippen LogP contribution in [0, 0.1) is 22.7 Å². The Kier molecular flexibility index (Phi) is 7.37. The van der Waals surface area contributed by atoms with Gasteiger partial charge in [0.05, 0.1) is 29.7 Å². The Morgan fingerprint density at radius 2 is 1.92 bits per heavy atom. The maximum Gasteiger partial charge on any atom is 0.236 e. The van der Waals surface area contributed by atoms with Gasteiger partial charge in [0.1, 0.15) is 24.5 Å². The van der Waals surface area contributed by atoms with Crippen LogP contribution < -0.4 is 14.2 Å². The summed E-state index contributed by atoms with van der Waals surface area (Å²) in [6.07, 6.45) is 4.87. The Hall–Kier alpha value is -4.15. The molecule has 0 saturated carbocycles. The number of hydrogen-bond donors (Lipinski definition) is 1. The van der Waals surface area contributed by atoms with Gasteiger partial charge in [-0.25, -0.2) is 18.4 Å². The van der Waals surface area contributed by atoms with Gasteiger partial charge in [0, 0.05) is 12.1 Å². The summed E-state index contributed by atoms with van der Waals surface area (Å²) in [6.45, 7) is 2.58. The van der Waals surface area contributed by atoms with E-state index in [2.05, 4.69) is 26.8 Å². The second-order valence-corrected chi connectivity index (χ2v) is 10.2. The van der Waals surface area contributed by atoms with E-state index in [9.17, 15) is 18.9 Å². The number of nitrogens with zero attached hydrogens (tertiary/aromatic N) is 4. The topological polar surface area (TPSA) is 138 Å². The summed E-state index contributed by atoms with van der Waals surface area (Å²) < 4.78 is 36.6. The van der Waals surface area contributed by atoms with Crippen molar-refractivity contribution in [1.29, 1.82) is 10.5 Å². The molecule has 1 N–H and O–H groups in total. The first-order chi connectivity index (χ1) is 17.3. The normalized spacial score (nSPS) is 14.4. The maximum absolute atomic E-state index is 11.4. The molecule has 1 heterocycles. The number of sulfonamides is 1. The number of nitriles is 2. The van der Waals surface area contributed by atoms with Crippen LogP contribution in [0.5, 0.6) is 11.5 Å². The summed E-state index contributed by atoms with van der Waals surface area (Å²) in [7, 11) is -3.47. The zero-order valence-corrected chi connectivity index (χ0v) is 20.8. The summed E-state index contributed by atoms with van der Waals surface area (Å²) in [4.78, 5) is 8.04. The Morgan fingerprint density at radius 3 is 2.58 bits per heavy atom. The zero-order chi connectivity index (χ0) is 25.7. The third kappa shape index (κ3) is 5.56. The molecular formula is C26H25N5O4S. The average Bonchev–Trinajstić information content (AvgIpc) is 3.28. The van der Waals surface area contributed by atoms with Gasteiger partial charge >= 0.3 is 0 Å². The fourth-order valence-corrected chi connectivity index (χ4v) is 4.73. The molecule has 1 aliphatic carbocycles. The van der Waals surface area contributed by atoms with Crippen LogP contribution in [0.25, 0.3) is 0 Å². The van der Waals surface area contributed by atoms with Crippen LogP contribution in [0.2, 0.25) is 0 Å². The molecule has 2 aromatic carbocycles. The first-order valence-corrected chi connectivity index (χ1v) is 13.4. The Morgan fingerprint density at radius 1 is 1.14 bits per heavy atom. The Balaban J connectivity index is 1.51. The van der Waals surface area contributed by atoms with Crippen molar-refractivity contribution in [3.8, 4) is 23.6 Å².